The molecule has 3 aliphatic heterocycles. The summed E-state index contributed by atoms with van der Waals surface area (Å²) in [5.41, 5.74) is 0. The lowest BCUT2D eigenvalue weighted by molar-refractivity contribution is -0.135. The number of halogens is 2. The molecule has 4 rings (SSSR count). The van der Waals surface area contributed by atoms with Gasteiger partial charge in [-0.15, -0.1) is 24.8 Å². The van der Waals surface area contributed by atoms with Gasteiger partial charge in [0.2, 0.25) is 5.91 Å². The smallest absolute Gasteiger partial charge is 0.239 e. The molecule has 0 bridgehead atoms. The second-order valence-electron chi connectivity index (χ2n) is 9.38. The Bertz CT molecular complexity index is 456. The van der Waals surface area contributed by atoms with Crippen LogP contribution in [0.1, 0.15) is 64.7 Å². The molecule has 0 radical (unpaired) electrons. The summed E-state index contributed by atoms with van der Waals surface area (Å²) >= 11 is 0. The Morgan fingerprint density at radius 1 is 0.963 bits per heavy atom. The SMILES string of the molecule is CC1CCN(CC2CCCN(C(=O)C3CC4CCCCC4N3)C2)CC1.Cl.Cl. The molecule has 4 fully saturated rings. The van der Waals surface area contributed by atoms with Gasteiger partial charge in [-0.25, -0.2) is 0 Å². The van der Waals surface area contributed by atoms with Crippen molar-refractivity contribution < 1.29 is 4.79 Å². The first-order valence-corrected chi connectivity index (χ1v) is 11.0. The predicted molar refractivity (Wildman–Crippen MR) is 116 cm³/mol. The quantitative estimate of drug-likeness (QED) is 0.756. The zero-order chi connectivity index (χ0) is 17.2. The Kier molecular flexibility index (Phi) is 9.18. The minimum absolute atomic E-state index is 0. The first-order chi connectivity index (χ1) is 12.2. The number of rotatable bonds is 3. The van der Waals surface area contributed by atoms with Gasteiger partial charge < -0.3 is 15.1 Å². The molecule has 6 heteroatoms. The molecule has 3 saturated heterocycles. The molecule has 0 spiro atoms. The van der Waals surface area contributed by atoms with Gasteiger partial charge >= 0.3 is 0 Å². The number of fused-ring (bicyclic) bond motifs is 1. The highest BCUT2D eigenvalue weighted by Crippen LogP contribution is 2.34. The van der Waals surface area contributed by atoms with Crippen LogP contribution in [0, 0.1) is 17.8 Å². The van der Waals surface area contributed by atoms with Gasteiger partial charge in [0.15, 0.2) is 0 Å². The topological polar surface area (TPSA) is 35.6 Å². The molecule has 0 aromatic carbocycles. The van der Waals surface area contributed by atoms with Crippen molar-refractivity contribution in [3.05, 3.63) is 0 Å². The third kappa shape index (κ3) is 5.74. The Morgan fingerprint density at radius 3 is 2.44 bits per heavy atom. The molecule has 1 aliphatic carbocycles. The Labute approximate surface area is 178 Å². The van der Waals surface area contributed by atoms with Gasteiger partial charge in [-0.1, -0.05) is 19.8 Å². The minimum Gasteiger partial charge on any atom is -0.341 e. The fourth-order valence-electron chi connectivity index (χ4n) is 5.75. The summed E-state index contributed by atoms with van der Waals surface area (Å²) < 4.78 is 0. The first-order valence-electron chi connectivity index (χ1n) is 11.0. The zero-order valence-electron chi connectivity index (χ0n) is 16.9. The summed E-state index contributed by atoms with van der Waals surface area (Å²) in [6.07, 6.45) is 11.6. The molecule has 4 atom stereocenters. The average Bonchev–Trinajstić information content (AvgIpc) is 3.07. The van der Waals surface area contributed by atoms with Crippen LogP contribution in [0.3, 0.4) is 0 Å². The number of carbonyl (C=O) groups is 1. The van der Waals surface area contributed by atoms with E-state index in [1.165, 1.54) is 71.0 Å². The summed E-state index contributed by atoms with van der Waals surface area (Å²) in [4.78, 5) is 17.9. The number of piperidine rings is 2. The van der Waals surface area contributed by atoms with E-state index in [4.69, 9.17) is 0 Å². The van der Waals surface area contributed by atoms with Crippen LogP contribution in [0.2, 0.25) is 0 Å². The van der Waals surface area contributed by atoms with Crippen molar-refractivity contribution in [1.29, 1.82) is 0 Å². The van der Waals surface area contributed by atoms with E-state index in [0.29, 0.717) is 17.9 Å². The number of carbonyl (C=O) groups excluding carboxylic acids is 1. The van der Waals surface area contributed by atoms with E-state index in [2.05, 4.69) is 22.0 Å². The van der Waals surface area contributed by atoms with Crippen molar-refractivity contribution in [2.45, 2.75) is 76.8 Å². The molecule has 3 heterocycles. The second-order valence-corrected chi connectivity index (χ2v) is 9.38. The number of nitrogens with zero attached hydrogens (tertiary/aromatic N) is 2. The number of likely N-dealkylation sites (tertiary alicyclic amines) is 2. The maximum atomic E-state index is 13.1. The predicted octanol–water partition coefficient (Wildman–Crippen LogP) is 3.72. The van der Waals surface area contributed by atoms with Crippen LogP contribution in [-0.4, -0.2) is 60.5 Å². The summed E-state index contributed by atoms with van der Waals surface area (Å²) in [5.74, 6) is 2.76. The largest absolute Gasteiger partial charge is 0.341 e. The van der Waals surface area contributed by atoms with Crippen molar-refractivity contribution in [3.8, 4) is 0 Å². The van der Waals surface area contributed by atoms with Gasteiger partial charge in [0.1, 0.15) is 0 Å². The molecule has 158 valence electrons. The van der Waals surface area contributed by atoms with Gasteiger partial charge in [0.05, 0.1) is 6.04 Å². The molecule has 4 nitrogen and oxygen atoms in total. The van der Waals surface area contributed by atoms with Gasteiger partial charge in [0.25, 0.3) is 0 Å². The second kappa shape index (κ2) is 10.7. The van der Waals surface area contributed by atoms with E-state index >= 15 is 0 Å². The van der Waals surface area contributed by atoms with Crippen molar-refractivity contribution >= 4 is 30.7 Å². The van der Waals surface area contributed by atoms with E-state index in [0.717, 1.165) is 31.3 Å². The van der Waals surface area contributed by atoms with Crippen LogP contribution < -0.4 is 5.32 Å². The molecule has 27 heavy (non-hydrogen) atoms. The van der Waals surface area contributed by atoms with Gasteiger partial charge in [-0.3, -0.25) is 4.79 Å². The molecular formula is C21H39Cl2N3O. The third-order valence-electron chi connectivity index (χ3n) is 7.38. The normalized spacial score (nSPS) is 35.1. The van der Waals surface area contributed by atoms with Crippen LogP contribution in [0.15, 0.2) is 0 Å². The van der Waals surface area contributed by atoms with E-state index in [-0.39, 0.29) is 30.9 Å². The van der Waals surface area contributed by atoms with Crippen LogP contribution in [0.4, 0.5) is 0 Å². The minimum atomic E-state index is 0. The van der Waals surface area contributed by atoms with Crippen LogP contribution in [-0.2, 0) is 4.79 Å². The fraction of sp³-hybridized carbons (Fsp3) is 0.952. The number of hydrogen-bond donors (Lipinski definition) is 1. The van der Waals surface area contributed by atoms with Gasteiger partial charge in [-0.05, 0) is 75.8 Å². The molecule has 0 aromatic heterocycles. The van der Waals surface area contributed by atoms with Crippen molar-refractivity contribution in [2.75, 3.05) is 32.7 Å². The lowest BCUT2D eigenvalue weighted by atomic mass is 9.85. The highest BCUT2D eigenvalue weighted by molar-refractivity contribution is 5.85. The summed E-state index contributed by atoms with van der Waals surface area (Å²) in [7, 11) is 0. The molecule has 4 unspecified atom stereocenters. The molecule has 0 aromatic rings. The first kappa shape index (κ1) is 23.3. The zero-order valence-corrected chi connectivity index (χ0v) is 18.5. The number of nitrogens with one attached hydrogen (secondary N) is 1. The van der Waals surface area contributed by atoms with E-state index < -0.39 is 0 Å². The average molecular weight is 420 g/mol. The Morgan fingerprint density at radius 2 is 1.70 bits per heavy atom. The lowest BCUT2D eigenvalue weighted by Crippen LogP contribution is -2.50. The molecule has 1 amide bonds. The van der Waals surface area contributed by atoms with Crippen molar-refractivity contribution in [2.24, 2.45) is 17.8 Å². The molecular weight excluding hydrogens is 381 g/mol. The van der Waals surface area contributed by atoms with E-state index in [1.807, 2.05) is 0 Å². The van der Waals surface area contributed by atoms with Crippen LogP contribution in [0.5, 0.6) is 0 Å². The third-order valence-corrected chi connectivity index (χ3v) is 7.38. The van der Waals surface area contributed by atoms with Gasteiger partial charge in [-0.2, -0.15) is 0 Å². The van der Waals surface area contributed by atoms with E-state index in [9.17, 15) is 4.79 Å². The highest BCUT2D eigenvalue weighted by Gasteiger charge is 2.40. The summed E-state index contributed by atoms with van der Waals surface area (Å²) in [6, 6.07) is 0.737. The van der Waals surface area contributed by atoms with Gasteiger partial charge in [0, 0.05) is 25.7 Å². The number of amides is 1. The monoisotopic (exact) mass is 419 g/mol. The van der Waals surface area contributed by atoms with E-state index in [1.54, 1.807) is 0 Å². The molecule has 1 N–H and O–H groups in total. The fourth-order valence-corrected chi connectivity index (χ4v) is 5.75. The maximum Gasteiger partial charge on any atom is 0.239 e. The van der Waals surface area contributed by atoms with Crippen LogP contribution >= 0.6 is 24.8 Å². The highest BCUT2D eigenvalue weighted by atomic mass is 35.5. The van der Waals surface area contributed by atoms with Crippen molar-refractivity contribution in [1.82, 2.24) is 15.1 Å². The summed E-state index contributed by atoms with van der Waals surface area (Å²) in [6.45, 7) is 8.10. The Hall–Kier alpha value is -0.0300. The maximum absolute atomic E-state index is 13.1. The number of hydrogen-bond acceptors (Lipinski definition) is 3. The standard InChI is InChI=1S/C21H37N3O.2ClH/c1-16-8-11-23(12-9-16)14-17-5-4-10-24(15-17)21(25)20-13-18-6-2-3-7-19(18)22-20;;/h16-20,22H,2-15H2,1H3;2*1H. The van der Waals surface area contributed by atoms with Crippen molar-refractivity contribution in [3.63, 3.8) is 0 Å². The lowest BCUT2D eigenvalue weighted by Gasteiger charge is -2.38. The Balaban J connectivity index is 0.00000131. The molecule has 1 saturated carbocycles. The summed E-state index contributed by atoms with van der Waals surface area (Å²) in [5, 5.41) is 3.69. The van der Waals surface area contributed by atoms with Crippen LogP contribution in [0.25, 0.3) is 0 Å². The molecule has 4 aliphatic rings.